The van der Waals surface area contributed by atoms with Crippen molar-refractivity contribution in [2.45, 2.75) is 0 Å². The van der Waals surface area contributed by atoms with Gasteiger partial charge in [0.2, 0.25) is 5.75 Å². The molecule has 0 saturated heterocycles. The molecule has 0 spiro atoms. The van der Waals surface area contributed by atoms with Crippen LogP contribution in [0.3, 0.4) is 0 Å². The lowest BCUT2D eigenvalue weighted by atomic mass is 10.1. The second-order valence-corrected chi connectivity index (χ2v) is 5.02. The molecule has 3 nitrogen and oxygen atoms in total. The number of methoxy groups -OCH3 is 1. The van der Waals surface area contributed by atoms with Gasteiger partial charge in [-0.15, -0.1) is 0 Å². The first-order valence-electron chi connectivity index (χ1n) is 6.92. The van der Waals surface area contributed by atoms with E-state index in [-0.39, 0.29) is 11.3 Å². The number of carbonyl (C=O) groups excluding carboxylic acids is 1. The molecule has 0 amide bonds. The summed E-state index contributed by atoms with van der Waals surface area (Å²) in [6.07, 6.45) is 0. The lowest BCUT2D eigenvalue weighted by Gasteiger charge is -2.09. The highest BCUT2D eigenvalue weighted by Gasteiger charge is 2.18. The Balaban J connectivity index is 1.91. The van der Waals surface area contributed by atoms with Gasteiger partial charge in [0.05, 0.1) is 12.7 Å². The molecule has 0 bridgehead atoms. The number of benzene rings is 3. The Labute approximate surface area is 135 Å². The fourth-order valence-corrected chi connectivity index (χ4v) is 2.25. The van der Waals surface area contributed by atoms with Gasteiger partial charge in [-0.2, -0.15) is 0 Å². The second-order valence-electron chi connectivity index (χ2n) is 5.02. The molecule has 0 fully saturated rings. The van der Waals surface area contributed by atoms with Crippen LogP contribution in [0, 0.1) is 17.5 Å². The minimum Gasteiger partial charge on any atom is -0.497 e. The fourth-order valence-electron chi connectivity index (χ4n) is 2.25. The summed E-state index contributed by atoms with van der Waals surface area (Å²) in [6.45, 7) is 0. The molecule has 0 unspecified atom stereocenters. The van der Waals surface area contributed by atoms with E-state index in [1.54, 1.807) is 0 Å². The molecule has 0 aliphatic heterocycles. The Morgan fingerprint density at radius 2 is 1.50 bits per heavy atom. The Bertz CT molecular complexity index is 915. The van der Waals surface area contributed by atoms with Crippen molar-refractivity contribution in [2.24, 2.45) is 0 Å². The first-order valence-corrected chi connectivity index (χ1v) is 6.92. The van der Waals surface area contributed by atoms with Gasteiger partial charge in [0.25, 0.3) is 0 Å². The molecule has 0 saturated carbocycles. The van der Waals surface area contributed by atoms with E-state index in [0.717, 1.165) is 12.1 Å². The van der Waals surface area contributed by atoms with Gasteiger partial charge in [0.15, 0.2) is 11.6 Å². The molecule has 0 N–H and O–H groups in total. The van der Waals surface area contributed by atoms with E-state index in [0.29, 0.717) is 10.8 Å². The van der Waals surface area contributed by atoms with Gasteiger partial charge in [0, 0.05) is 12.1 Å². The molecule has 3 aromatic rings. The minimum atomic E-state index is -1.05. The molecule has 0 radical (unpaired) electrons. The van der Waals surface area contributed by atoms with Crippen LogP contribution < -0.4 is 9.47 Å². The number of rotatable bonds is 3. The number of ether oxygens (including phenoxy) is 2. The van der Waals surface area contributed by atoms with Crippen LogP contribution in [0.15, 0.2) is 48.5 Å². The Morgan fingerprint density at radius 1 is 0.875 bits per heavy atom. The van der Waals surface area contributed by atoms with E-state index in [9.17, 15) is 18.0 Å². The van der Waals surface area contributed by atoms with Crippen molar-refractivity contribution in [1.29, 1.82) is 0 Å². The summed E-state index contributed by atoms with van der Waals surface area (Å²) in [7, 11) is 1.26. The van der Waals surface area contributed by atoms with E-state index in [1.165, 1.54) is 43.5 Å². The highest BCUT2D eigenvalue weighted by molar-refractivity contribution is 5.96. The lowest BCUT2D eigenvalue weighted by Crippen LogP contribution is -2.11. The average Bonchev–Trinajstić information content (AvgIpc) is 2.57. The van der Waals surface area contributed by atoms with Gasteiger partial charge in [0.1, 0.15) is 11.6 Å². The minimum absolute atomic E-state index is 0.0301. The smallest absolute Gasteiger partial charge is 0.343 e. The Kier molecular flexibility index (Phi) is 4.12. The van der Waals surface area contributed by atoms with Gasteiger partial charge >= 0.3 is 5.97 Å². The van der Waals surface area contributed by atoms with E-state index in [4.69, 9.17) is 9.47 Å². The fraction of sp³-hybridized carbons (Fsp3) is 0.0556. The van der Waals surface area contributed by atoms with Crippen molar-refractivity contribution < 1.29 is 27.4 Å². The molecule has 3 rings (SSSR count). The van der Waals surface area contributed by atoms with E-state index < -0.39 is 29.2 Å². The maximum Gasteiger partial charge on any atom is 0.343 e. The summed E-state index contributed by atoms with van der Waals surface area (Å²) in [5.74, 6) is -4.27. The summed E-state index contributed by atoms with van der Waals surface area (Å²) in [6, 6.07) is 10.3. The first-order chi connectivity index (χ1) is 11.5. The van der Waals surface area contributed by atoms with Crippen LogP contribution in [0.2, 0.25) is 0 Å². The van der Waals surface area contributed by atoms with E-state index in [2.05, 4.69) is 0 Å². The SMILES string of the molecule is COc1cc(F)c(OC(=O)c2ccc3cc(F)ccc3c2)c(F)c1. The normalized spacial score (nSPS) is 10.7. The summed E-state index contributed by atoms with van der Waals surface area (Å²) >= 11 is 0. The third-order valence-electron chi connectivity index (χ3n) is 3.44. The molecule has 24 heavy (non-hydrogen) atoms. The Hall–Kier alpha value is -3.02. The molecule has 122 valence electrons. The number of hydrogen-bond acceptors (Lipinski definition) is 3. The lowest BCUT2D eigenvalue weighted by molar-refractivity contribution is 0.0720. The number of esters is 1. The second kappa shape index (κ2) is 6.23. The van der Waals surface area contributed by atoms with Crippen molar-refractivity contribution in [3.63, 3.8) is 0 Å². The summed E-state index contributed by atoms with van der Waals surface area (Å²) < 4.78 is 50.4. The van der Waals surface area contributed by atoms with Crippen molar-refractivity contribution in [2.75, 3.05) is 7.11 Å². The van der Waals surface area contributed by atoms with Crippen LogP contribution in [0.4, 0.5) is 13.2 Å². The molecule has 3 aromatic carbocycles. The molecule has 0 heterocycles. The zero-order chi connectivity index (χ0) is 17.3. The van der Waals surface area contributed by atoms with Crippen LogP contribution >= 0.6 is 0 Å². The largest absolute Gasteiger partial charge is 0.497 e. The highest BCUT2D eigenvalue weighted by Crippen LogP contribution is 2.28. The molecule has 0 aliphatic rings. The van der Waals surface area contributed by atoms with Crippen molar-refractivity contribution >= 4 is 16.7 Å². The van der Waals surface area contributed by atoms with Crippen LogP contribution in [0.25, 0.3) is 10.8 Å². The Morgan fingerprint density at radius 3 is 2.17 bits per heavy atom. The maximum atomic E-state index is 13.8. The zero-order valence-electron chi connectivity index (χ0n) is 12.5. The predicted molar refractivity (Wildman–Crippen MR) is 81.8 cm³/mol. The zero-order valence-corrected chi connectivity index (χ0v) is 12.5. The van der Waals surface area contributed by atoms with Crippen molar-refractivity contribution in [3.05, 3.63) is 71.5 Å². The van der Waals surface area contributed by atoms with E-state index in [1.807, 2.05) is 0 Å². The van der Waals surface area contributed by atoms with Gasteiger partial charge in [-0.25, -0.2) is 18.0 Å². The summed E-state index contributed by atoms with van der Waals surface area (Å²) in [5.41, 5.74) is 0.0868. The third-order valence-corrected chi connectivity index (χ3v) is 3.44. The molecule has 6 heteroatoms. The highest BCUT2D eigenvalue weighted by atomic mass is 19.1. The van der Waals surface area contributed by atoms with Crippen LogP contribution in [-0.4, -0.2) is 13.1 Å². The summed E-state index contributed by atoms with van der Waals surface area (Å²) in [4.78, 5) is 12.1. The monoisotopic (exact) mass is 332 g/mol. The predicted octanol–water partition coefficient (Wildman–Crippen LogP) is 4.48. The standard InChI is InChI=1S/C18H11F3O3/c1-23-14-8-15(20)17(16(21)9-14)24-18(22)12-3-2-11-7-13(19)5-4-10(11)6-12/h2-9H,1H3. The van der Waals surface area contributed by atoms with Crippen molar-refractivity contribution in [1.82, 2.24) is 0 Å². The summed E-state index contributed by atoms with van der Waals surface area (Å²) in [5, 5.41) is 1.19. The van der Waals surface area contributed by atoms with Gasteiger partial charge in [-0.3, -0.25) is 0 Å². The number of halogens is 3. The van der Waals surface area contributed by atoms with Crippen LogP contribution in [0.5, 0.6) is 11.5 Å². The van der Waals surface area contributed by atoms with Gasteiger partial charge in [-0.05, 0) is 35.0 Å². The number of carbonyl (C=O) groups is 1. The topological polar surface area (TPSA) is 35.5 Å². The number of hydrogen-bond donors (Lipinski definition) is 0. The van der Waals surface area contributed by atoms with E-state index >= 15 is 0 Å². The van der Waals surface area contributed by atoms with Gasteiger partial charge in [-0.1, -0.05) is 12.1 Å². The van der Waals surface area contributed by atoms with Crippen LogP contribution in [0.1, 0.15) is 10.4 Å². The molecular formula is C18H11F3O3. The van der Waals surface area contributed by atoms with Crippen molar-refractivity contribution in [3.8, 4) is 11.5 Å². The molecular weight excluding hydrogens is 321 g/mol. The first kappa shape index (κ1) is 15.9. The maximum absolute atomic E-state index is 13.8. The molecule has 0 atom stereocenters. The van der Waals surface area contributed by atoms with Crippen LogP contribution in [-0.2, 0) is 0 Å². The quantitative estimate of drug-likeness (QED) is 0.524. The molecule has 0 aliphatic carbocycles. The van der Waals surface area contributed by atoms with Gasteiger partial charge < -0.3 is 9.47 Å². The third kappa shape index (κ3) is 3.03. The number of fused-ring (bicyclic) bond motifs is 1. The average molecular weight is 332 g/mol. The molecule has 0 aromatic heterocycles.